The maximum atomic E-state index is 9.44. The van der Waals surface area contributed by atoms with Gasteiger partial charge in [-0.3, -0.25) is 0 Å². The summed E-state index contributed by atoms with van der Waals surface area (Å²) in [5, 5.41) is 12.7. The van der Waals surface area contributed by atoms with E-state index in [4.69, 9.17) is 4.74 Å². The van der Waals surface area contributed by atoms with Gasteiger partial charge in [0, 0.05) is 13.2 Å². The van der Waals surface area contributed by atoms with Crippen LogP contribution in [-0.4, -0.2) is 50.3 Å². The third-order valence-electron chi connectivity index (χ3n) is 4.86. The molecule has 3 unspecified atom stereocenters. The molecule has 0 amide bonds. The van der Waals surface area contributed by atoms with Crippen molar-refractivity contribution in [2.45, 2.75) is 50.2 Å². The van der Waals surface area contributed by atoms with E-state index in [-0.39, 0.29) is 5.54 Å². The molecule has 108 valence electrons. The highest BCUT2D eigenvalue weighted by molar-refractivity contribution is 5.13. The van der Waals surface area contributed by atoms with Gasteiger partial charge < -0.3 is 15.0 Å². The number of rotatable bonds is 6. The second-order valence-corrected chi connectivity index (χ2v) is 6.11. The zero-order chi connectivity index (χ0) is 13.7. The zero-order valence-electron chi connectivity index (χ0n) is 12.3. The second kappa shape index (κ2) is 6.69. The van der Waals surface area contributed by atoms with Crippen LogP contribution in [0.5, 0.6) is 0 Å². The Hall–Kier alpha value is -0.630. The van der Waals surface area contributed by atoms with Crippen LogP contribution in [0.1, 0.15) is 38.5 Å². The van der Waals surface area contributed by atoms with Gasteiger partial charge in [-0.15, -0.1) is 0 Å². The predicted molar refractivity (Wildman–Crippen MR) is 75.8 cm³/mol. The minimum Gasteiger partial charge on any atom is -0.377 e. The smallest absolute Gasteiger partial charge is 0.109 e. The van der Waals surface area contributed by atoms with Gasteiger partial charge in [0.05, 0.1) is 12.2 Å². The fourth-order valence-corrected chi connectivity index (χ4v) is 3.60. The predicted octanol–water partition coefficient (Wildman–Crippen LogP) is 1.77. The number of hydrogen-bond donors (Lipinski definition) is 1. The van der Waals surface area contributed by atoms with Crippen LogP contribution in [0.2, 0.25) is 0 Å². The summed E-state index contributed by atoms with van der Waals surface area (Å²) < 4.78 is 5.67. The molecule has 4 nitrogen and oxygen atoms in total. The molecule has 0 bridgehead atoms. The van der Waals surface area contributed by atoms with E-state index >= 15 is 0 Å². The third kappa shape index (κ3) is 3.47. The summed E-state index contributed by atoms with van der Waals surface area (Å²) in [6.07, 6.45) is 7.30. The zero-order valence-corrected chi connectivity index (χ0v) is 12.3. The van der Waals surface area contributed by atoms with Gasteiger partial charge in [0.15, 0.2) is 0 Å². The van der Waals surface area contributed by atoms with Gasteiger partial charge >= 0.3 is 0 Å². The first-order valence-corrected chi connectivity index (χ1v) is 7.60. The molecule has 1 saturated heterocycles. The van der Waals surface area contributed by atoms with Crippen molar-refractivity contribution in [2.75, 3.05) is 33.8 Å². The molecule has 2 fully saturated rings. The van der Waals surface area contributed by atoms with Crippen molar-refractivity contribution in [1.29, 1.82) is 5.26 Å². The van der Waals surface area contributed by atoms with Gasteiger partial charge in [-0.05, 0) is 58.7 Å². The summed E-state index contributed by atoms with van der Waals surface area (Å²) in [7, 11) is 4.10. The van der Waals surface area contributed by atoms with Crippen LogP contribution in [0, 0.1) is 17.2 Å². The fraction of sp³-hybridized carbons (Fsp3) is 0.933. The fourth-order valence-electron chi connectivity index (χ4n) is 3.60. The van der Waals surface area contributed by atoms with E-state index in [1.165, 1.54) is 25.7 Å². The lowest BCUT2D eigenvalue weighted by Gasteiger charge is -2.30. The first-order chi connectivity index (χ1) is 9.20. The molecule has 3 atom stereocenters. The summed E-state index contributed by atoms with van der Waals surface area (Å²) in [6.45, 7) is 3.03. The number of hydrogen-bond acceptors (Lipinski definition) is 4. The van der Waals surface area contributed by atoms with E-state index in [0.29, 0.717) is 12.0 Å². The Labute approximate surface area is 117 Å². The largest absolute Gasteiger partial charge is 0.377 e. The van der Waals surface area contributed by atoms with Gasteiger partial charge in [0.2, 0.25) is 0 Å². The van der Waals surface area contributed by atoms with Crippen LogP contribution in [0.15, 0.2) is 0 Å². The maximum Gasteiger partial charge on any atom is 0.109 e. The number of ether oxygens (including phenoxy) is 1. The Balaban J connectivity index is 1.76. The molecular formula is C15H27N3O. The standard InChI is InChI=1S/C15H27N3O/c1-17-15(12-16)8-3-5-13(15)7-9-18(2)11-14-6-4-10-19-14/h13-14,17H,3-11H2,1-2H3. The van der Waals surface area contributed by atoms with Crippen molar-refractivity contribution in [3.05, 3.63) is 0 Å². The van der Waals surface area contributed by atoms with Crippen LogP contribution in [0.25, 0.3) is 0 Å². The minimum absolute atomic E-state index is 0.273. The van der Waals surface area contributed by atoms with Gasteiger partial charge in [-0.25, -0.2) is 0 Å². The van der Waals surface area contributed by atoms with Crippen LogP contribution in [0.3, 0.4) is 0 Å². The molecule has 0 radical (unpaired) electrons. The molecule has 4 heteroatoms. The van der Waals surface area contributed by atoms with Gasteiger partial charge in [0.25, 0.3) is 0 Å². The molecule has 19 heavy (non-hydrogen) atoms. The van der Waals surface area contributed by atoms with E-state index < -0.39 is 0 Å². The molecule has 2 rings (SSSR count). The normalized spacial score (nSPS) is 34.8. The molecule has 0 spiro atoms. The summed E-state index contributed by atoms with van der Waals surface area (Å²) >= 11 is 0. The van der Waals surface area contributed by atoms with Crippen molar-refractivity contribution >= 4 is 0 Å². The third-order valence-corrected chi connectivity index (χ3v) is 4.86. The van der Waals surface area contributed by atoms with Gasteiger partial charge in [0.1, 0.15) is 5.54 Å². The van der Waals surface area contributed by atoms with E-state index in [9.17, 15) is 5.26 Å². The molecule has 1 heterocycles. The highest BCUT2D eigenvalue weighted by Gasteiger charge is 2.41. The molecule has 0 aromatic carbocycles. The molecule has 0 aromatic heterocycles. The first-order valence-electron chi connectivity index (χ1n) is 7.60. The number of nitrogens with one attached hydrogen (secondary N) is 1. The van der Waals surface area contributed by atoms with Crippen LogP contribution < -0.4 is 5.32 Å². The Bertz CT molecular complexity index is 322. The molecule has 1 aliphatic heterocycles. The highest BCUT2D eigenvalue weighted by atomic mass is 16.5. The lowest BCUT2D eigenvalue weighted by molar-refractivity contribution is 0.0787. The molecule has 0 aromatic rings. The summed E-state index contributed by atoms with van der Waals surface area (Å²) in [6, 6.07) is 2.52. The minimum atomic E-state index is -0.273. The van der Waals surface area contributed by atoms with Crippen LogP contribution in [0.4, 0.5) is 0 Å². The number of nitriles is 1. The average molecular weight is 265 g/mol. The summed E-state index contributed by atoms with van der Waals surface area (Å²) in [5.41, 5.74) is -0.273. The van der Waals surface area contributed by atoms with Crippen molar-refractivity contribution in [1.82, 2.24) is 10.2 Å². The van der Waals surface area contributed by atoms with E-state index in [1.54, 1.807) is 0 Å². The maximum absolute atomic E-state index is 9.44. The second-order valence-electron chi connectivity index (χ2n) is 6.11. The number of nitrogens with zero attached hydrogens (tertiary/aromatic N) is 2. The topological polar surface area (TPSA) is 48.3 Å². The Morgan fingerprint density at radius 3 is 2.89 bits per heavy atom. The van der Waals surface area contributed by atoms with E-state index in [1.807, 2.05) is 7.05 Å². The number of likely N-dealkylation sites (N-methyl/N-ethyl adjacent to an activating group) is 1. The van der Waals surface area contributed by atoms with Crippen LogP contribution in [-0.2, 0) is 4.74 Å². The Morgan fingerprint density at radius 2 is 2.26 bits per heavy atom. The lowest BCUT2D eigenvalue weighted by Crippen LogP contribution is -2.45. The summed E-state index contributed by atoms with van der Waals surface area (Å²) in [5.74, 6) is 0.495. The van der Waals surface area contributed by atoms with Crippen molar-refractivity contribution < 1.29 is 4.74 Å². The molecular weight excluding hydrogens is 238 g/mol. The molecule has 1 aliphatic carbocycles. The molecule has 2 aliphatic rings. The van der Waals surface area contributed by atoms with Crippen LogP contribution >= 0.6 is 0 Å². The van der Waals surface area contributed by atoms with Crippen molar-refractivity contribution in [2.24, 2.45) is 5.92 Å². The van der Waals surface area contributed by atoms with Crippen molar-refractivity contribution in [3.63, 3.8) is 0 Å². The lowest BCUT2D eigenvalue weighted by atomic mass is 9.86. The highest BCUT2D eigenvalue weighted by Crippen LogP contribution is 2.37. The SMILES string of the molecule is CNC1(C#N)CCCC1CCN(C)CC1CCCO1. The van der Waals surface area contributed by atoms with Gasteiger partial charge in [-0.2, -0.15) is 5.26 Å². The van der Waals surface area contributed by atoms with Crippen molar-refractivity contribution in [3.8, 4) is 6.07 Å². The van der Waals surface area contributed by atoms with E-state index in [0.717, 1.165) is 32.5 Å². The first kappa shape index (κ1) is 14.8. The van der Waals surface area contributed by atoms with E-state index in [2.05, 4.69) is 23.3 Å². The Morgan fingerprint density at radius 1 is 1.42 bits per heavy atom. The summed E-state index contributed by atoms with van der Waals surface area (Å²) in [4.78, 5) is 2.37. The van der Waals surface area contributed by atoms with Gasteiger partial charge in [-0.1, -0.05) is 6.42 Å². The molecule has 1 N–H and O–H groups in total. The molecule has 1 saturated carbocycles. The Kier molecular flexibility index (Phi) is 5.20. The average Bonchev–Trinajstić information content (AvgIpc) is 3.05. The quantitative estimate of drug-likeness (QED) is 0.795. The monoisotopic (exact) mass is 265 g/mol.